The fourth-order valence-electron chi connectivity index (χ4n) is 0.435. The molecule has 0 aliphatic heterocycles. The summed E-state index contributed by atoms with van der Waals surface area (Å²) in [6, 6.07) is 0. The molecule has 0 saturated heterocycles. The second kappa shape index (κ2) is 3.07. The molecule has 0 amide bonds. The number of aliphatic imine (C=N–C) groups is 1. The van der Waals surface area contributed by atoms with Gasteiger partial charge in [-0.05, 0) is 25.4 Å². The van der Waals surface area contributed by atoms with Gasteiger partial charge in [-0.25, -0.2) is 4.99 Å². The van der Waals surface area contributed by atoms with Crippen molar-refractivity contribution in [3.05, 3.63) is 5.28 Å². The van der Waals surface area contributed by atoms with Crippen molar-refractivity contribution in [2.75, 3.05) is 0 Å². The molecule has 10 heavy (non-hydrogen) atoms. The first-order chi connectivity index (χ1) is 4.68. The van der Waals surface area contributed by atoms with E-state index in [9.17, 15) is 0 Å². The molecule has 0 bridgehead atoms. The van der Waals surface area contributed by atoms with Crippen molar-refractivity contribution >= 4 is 34.0 Å². The lowest BCUT2D eigenvalue weighted by Gasteiger charge is -1.82. The molecule has 0 spiro atoms. The Hall–Kier alpha value is -0.480. The van der Waals surface area contributed by atoms with Gasteiger partial charge in [0, 0.05) is 17.2 Å². The van der Waals surface area contributed by atoms with Gasteiger partial charge in [-0.1, -0.05) is 0 Å². The van der Waals surface area contributed by atoms with Crippen molar-refractivity contribution in [1.29, 1.82) is 0 Å². The zero-order chi connectivity index (χ0) is 7.56. The van der Waals surface area contributed by atoms with Crippen LogP contribution in [-0.2, 0) is 0 Å². The van der Waals surface area contributed by atoms with Crippen LogP contribution < -0.4 is 0 Å². The van der Waals surface area contributed by atoms with Crippen molar-refractivity contribution in [3.8, 4) is 0 Å². The van der Waals surface area contributed by atoms with Gasteiger partial charge in [0.2, 0.25) is 10.4 Å². The first-order valence-electron chi connectivity index (χ1n) is 2.69. The lowest BCUT2D eigenvalue weighted by atomic mass is 10.5. The Labute approximate surface area is 67.9 Å². The van der Waals surface area contributed by atoms with E-state index in [1.165, 1.54) is 11.5 Å². The molecule has 0 unspecified atom stereocenters. The summed E-state index contributed by atoms with van der Waals surface area (Å²) in [4.78, 5) is 7.89. The number of hydrogen-bond acceptors (Lipinski definition) is 4. The van der Waals surface area contributed by atoms with Crippen LogP contribution in [0.4, 0.5) is 5.13 Å². The van der Waals surface area contributed by atoms with E-state index in [1.807, 2.05) is 13.8 Å². The van der Waals surface area contributed by atoms with Gasteiger partial charge in [0.1, 0.15) is 0 Å². The SMILES string of the molecule is CC(C)=Nc1nc(Cl)ns1. The summed E-state index contributed by atoms with van der Waals surface area (Å²) in [5.74, 6) is 0. The molecule has 3 nitrogen and oxygen atoms in total. The van der Waals surface area contributed by atoms with E-state index in [-0.39, 0.29) is 5.28 Å². The molecule has 1 rings (SSSR count). The summed E-state index contributed by atoms with van der Waals surface area (Å²) >= 11 is 6.66. The molecular weight excluding hydrogens is 170 g/mol. The lowest BCUT2D eigenvalue weighted by Crippen LogP contribution is -1.76. The smallest absolute Gasteiger partial charge is 0.228 e. The van der Waals surface area contributed by atoms with E-state index in [0.29, 0.717) is 5.13 Å². The predicted octanol–water partition coefficient (Wildman–Crippen LogP) is 2.30. The monoisotopic (exact) mass is 175 g/mol. The fraction of sp³-hybridized carbons (Fsp3) is 0.400. The molecule has 54 valence electrons. The molecule has 1 aromatic rings. The Balaban J connectivity index is 2.86. The summed E-state index contributed by atoms with van der Waals surface area (Å²) < 4.78 is 3.76. The van der Waals surface area contributed by atoms with E-state index in [0.717, 1.165) is 5.71 Å². The van der Waals surface area contributed by atoms with Gasteiger partial charge in [-0.15, -0.1) is 0 Å². The second-order valence-corrected chi connectivity index (χ2v) is 2.97. The maximum atomic E-state index is 5.46. The quantitative estimate of drug-likeness (QED) is 0.615. The van der Waals surface area contributed by atoms with E-state index in [1.54, 1.807) is 0 Å². The van der Waals surface area contributed by atoms with Gasteiger partial charge in [-0.2, -0.15) is 9.36 Å². The third-order valence-corrected chi connectivity index (χ3v) is 1.59. The van der Waals surface area contributed by atoms with Crippen molar-refractivity contribution in [1.82, 2.24) is 9.36 Å². The van der Waals surface area contributed by atoms with Crippen LogP contribution in [0.1, 0.15) is 13.8 Å². The highest BCUT2D eigenvalue weighted by molar-refractivity contribution is 7.09. The summed E-state index contributed by atoms with van der Waals surface area (Å²) in [6.07, 6.45) is 0. The van der Waals surface area contributed by atoms with E-state index >= 15 is 0 Å². The average Bonchev–Trinajstić information content (AvgIpc) is 2.13. The predicted molar refractivity (Wildman–Crippen MR) is 43.4 cm³/mol. The molecule has 0 saturated carbocycles. The zero-order valence-corrected chi connectivity index (χ0v) is 7.20. The molecule has 0 fully saturated rings. The van der Waals surface area contributed by atoms with Crippen LogP contribution in [0, 0.1) is 0 Å². The lowest BCUT2D eigenvalue weighted by molar-refractivity contribution is 1.29. The third kappa shape index (κ3) is 2.04. The molecule has 1 aromatic heterocycles. The maximum Gasteiger partial charge on any atom is 0.236 e. The summed E-state index contributed by atoms with van der Waals surface area (Å²) in [7, 11) is 0. The van der Waals surface area contributed by atoms with Crippen LogP contribution >= 0.6 is 23.1 Å². The number of nitrogens with zero attached hydrogens (tertiary/aromatic N) is 3. The molecule has 0 atom stereocenters. The van der Waals surface area contributed by atoms with Crippen LogP contribution in [0.3, 0.4) is 0 Å². The van der Waals surface area contributed by atoms with Crippen molar-refractivity contribution in [2.45, 2.75) is 13.8 Å². The molecule has 0 N–H and O–H groups in total. The first-order valence-corrected chi connectivity index (χ1v) is 3.85. The second-order valence-electron chi connectivity index (χ2n) is 1.90. The Kier molecular flexibility index (Phi) is 2.34. The standard InChI is InChI=1S/C5H6ClN3S/c1-3(2)7-5-8-4(6)9-10-5/h1-2H3. The summed E-state index contributed by atoms with van der Waals surface area (Å²) in [5, 5.41) is 0.884. The molecule has 0 aliphatic rings. The number of aromatic nitrogens is 2. The Morgan fingerprint density at radius 2 is 2.30 bits per heavy atom. The average molecular weight is 176 g/mol. The molecule has 5 heteroatoms. The van der Waals surface area contributed by atoms with Crippen LogP contribution in [0.5, 0.6) is 0 Å². The summed E-state index contributed by atoms with van der Waals surface area (Å²) in [5.41, 5.74) is 0.952. The highest BCUT2D eigenvalue weighted by Crippen LogP contribution is 2.17. The molecule has 1 heterocycles. The van der Waals surface area contributed by atoms with Crippen molar-refractivity contribution in [3.63, 3.8) is 0 Å². The highest BCUT2D eigenvalue weighted by Gasteiger charge is 1.96. The van der Waals surface area contributed by atoms with Crippen molar-refractivity contribution < 1.29 is 0 Å². The number of halogens is 1. The molecule has 0 aliphatic carbocycles. The van der Waals surface area contributed by atoms with E-state index in [4.69, 9.17) is 11.6 Å². The summed E-state index contributed by atoms with van der Waals surface area (Å²) in [6.45, 7) is 3.80. The largest absolute Gasteiger partial charge is 0.236 e. The Bertz CT molecular complexity index is 251. The molecule has 0 aromatic carbocycles. The maximum absolute atomic E-state index is 5.46. The van der Waals surface area contributed by atoms with Gasteiger partial charge in [0.25, 0.3) is 0 Å². The van der Waals surface area contributed by atoms with Crippen LogP contribution in [0.15, 0.2) is 4.99 Å². The zero-order valence-electron chi connectivity index (χ0n) is 5.63. The van der Waals surface area contributed by atoms with E-state index < -0.39 is 0 Å². The third-order valence-electron chi connectivity index (χ3n) is 0.710. The highest BCUT2D eigenvalue weighted by atomic mass is 35.5. The van der Waals surface area contributed by atoms with Crippen LogP contribution in [-0.4, -0.2) is 15.1 Å². The van der Waals surface area contributed by atoms with Crippen LogP contribution in [0.2, 0.25) is 5.28 Å². The van der Waals surface area contributed by atoms with Gasteiger partial charge < -0.3 is 0 Å². The van der Waals surface area contributed by atoms with Crippen molar-refractivity contribution in [2.24, 2.45) is 4.99 Å². The molecular formula is C5H6ClN3S. The Morgan fingerprint density at radius 1 is 1.60 bits per heavy atom. The van der Waals surface area contributed by atoms with Gasteiger partial charge in [0.15, 0.2) is 0 Å². The fourth-order valence-corrected chi connectivity index (χ4v) is 1.22. The topological polar surface area (TPSA) is 38.1 Å². The van der Waals surface area contributed by atoms with Gasteiger partial charge >= 0.3 is 0 Å². The Morgan fingerprint density at radius 3 is 2.70 bits per heavy atom. The minimum absolute atomic E-state index is 0.269. The first kappa shape index (κ1) is 7.63. The minimum Gasteiger partial charge on any atom is -0.228 e. The van der Waals surface area contributed by atoms with Crippen LogP contribution in [0.25, 0.3) is 0 Å². The normalized spacial score (nSPS) is 9.50. The van der Waals surface area contributed by atoms with Gasteiger partial charge in [0.05, 0.1) is 0 Å². The number of rotatable bonds is 1. The number of hydrogen-bond donors (Lipinski definition) is 0. The molecule has 0 radical (unpaired) electrons. The van der Waals surface area contributed by atoms with Gasteiger partial charge in [-0.3, -0.25) is 0 Å². The van der Waals surface area contributed by atoms with E-state index in [2.05, 4.69) is 14.3 Å². The minimum atomic E-state index is 0.269.